The van der Waals surface area contributed by atoms with Crippen LogP contribution in [0.2, 0.25) is 0 Å². The van der Waals surface area contributed by atoms with Crippen molar-refractivity contribution < 1.29 is 13.2 Å². The molecular weight excluding hydrogens is 214 g/mol. The first-order valence-corrected chi connectivity index (χ1v) is 6.22. The SMILES string of the molecule is CCS(=O)(=O)Nc1ccccc1C(C)=O. The average molecular weight is 227 g/mol. The Hall–Kier alpha value is -1.36. The van der Waals surface area contributed by atoms with Crippen molar-refractivity contribution in [1.82, 2.24) is 0 Å². The Bertz CT molecular complexity index is 465. The fraction of sp³-hybridized carbons (Fsp3) is 0.300. The van der Waals surface area contributed by atoms with E-state index in [0.29, 0.717) is 11.3 Å². The number of carbonyl (C=O) groups is 1. The van der Waals surface area contributed by atoms with Gasteiger partial charge in [-0.05, 0) is 26.0 Å². The van der Waals surface area contributed by atoms with Crippen LogP contribution in [0.5, 0.6) is 0 Å². The van der Waals surface area contributed by atoms with Crippen LogP contribution in [0.25, 0.3) is 0 Å². The lowest BCUT2D eigenvalue weighted by Gasteiger charge is -2.09. The fourth-order valence-electron chi connectivity index (χ4n) is 1.12. The van der Waals surface area contributed by atoms with E-state index >= 15 is 0 Å². The molecule has 0 heterocycles. The summed E-state index contributed by atoms with van der Waals surface area (Å²) in [6.07, 6.45) is 0. The highest BCUT2D eigenvalue weighted by Gasteiger charge is 2.11. The van der Waals surface area contributed by atoms with Gasteiger partial charge in [-0.15, -0.1) is 0 Å². The second-order valence-corrected chi connectivity index (χ2v) is 5.12. The molecule has 0 fully saturated rings. The molecule has 0 spiro atoms. The number of anilines is 1. The molecule has 82 valence electrons. The summed E-state index contributed by atoms with van der Waals surface area (Å²) >= 11 is 0. The van der Waals surface area contributed by atoms with Gasteiger partial charge in [-0.1, -0.05) is 12.1 Å². The summed E-state index contributed by atoms with van der Waals surface area (Å²) in [7, 11) is -3.33. The molecule has 1 aromatic carbocycles. The van der Waals surface area contributed by atoms with Gasteiger partial charge in [-0.3, -0.25) is 9.52 Å². The first kappa shape index (κ1) is 11.7. The largest absolute Gasteiger partial charge is 0.294 e. The van der Waals surface area contributed by atoms with Gasteiger partial charge in [0.05, 0.1) is 11.4 Å². The third kappa shape index (κ3) is 3.06. The van der Waals surface area contributed by atoms with Gasteiger partial charge < -0.3 is 0 Å². The molecule has 0 saturated carbocycles. The van der Waals surface area contributed by atoms with Gasteiger partial charge in [0.1, 0.15) is 0 Å². The molecule has 0 bridgehead atoms. The summed E-state index contributed by atoms with van der Waals surface area (Å²) in [5.74, 6) is -0.177. The fourth-order valence-corrected chi connectivity index (χ4v) is 1.78. The number of para-hydroxylation sites is 1. The number of hydrogen-bond donors (Lipinski definition) is 1. The van der Waals surface area contributed by atoms with Gasteiger partial charge in [-0.2, -0.15) is 0 Å². The van der Waals surface area contributed by atoms with Gasteiger partial charge in [0, 0.05) is 5.56 Å². The highest BCUT2D eigenvalue weighted by molar-refractivity contribution is 7.92. The van der Waals surface area contributed by atoms with Gasteiger partial charge in [0.2, 0.25) is 10.0 Å². The quantitative estimate of drug-likeness (QED) is 0.795. The van der Waals surface area contributed by atoms with E-state index in [9.17, 15) is 13.2 Å². The molecule has 1 rings (SSSR count). The van der Waals surface area contributed by atoms with Crippen LogP contribution >= 0.6 is 0 Å². The topological polar surface area (TPSA) is 63.2 Å². The molecular formula is C10H13NO3S. The molecule has 0 unspecified atom stereocenters. The smallest absolute Gasteiger partial charge is 0.232 e. The lowest BCUT2D eigenvalue weighted by molar-refractivity contribution is 0.101. The number of nitrogens with one attached hydrogen (secondary N) is 1. The molecule has 1 N–H and O–H groups in total. The normalized spacial score (nSPS) is 11.1. The Morgan fingerprint density at radius 1 is 1.33 bits per heavy atom. The molecule has 0 aliphatic carbocycles. The Morgan fingerprint density at radius 3 is 2.47 bits per heavy atom. The number of Topliss-reactive ketones (excluding diaryl/α,β-unsaturated/α-hetero) is 1. The van der Waals surface area contributed by atoms with E-state index in [1.54, 1.807) is 31.2 Å². The standard InChI is InChI=1S/C10H13NO3S/c1-3-15(13,14)11-10-7-5-4-6-9(10)8(2)12/h4-7,11H,3H2,1-2H3. The van der Waals surface area contributed by atoms with Crippen LogP contribution in [0.4, 0.5) is 5.69 Å². The maximum absolute atomic E-state index is 11.3. The molecule has 0 aliphatic rings. The molecule has 0 saturated heterocycles. The van der Waals surface area contributed by atoms with E-state index < -0.39 is 10.0 Å². The first-order chi connectivity index (χ1) is 6.96. The summed E-state index contributed by atoms with van der Waals surface area (Å²) in [5, 5.41) is 0. The Labute approximate surface area is 89.4 Å². The third-order valence-corrected chi connectivity index (χ3v) is 3.24. The number of sulfonamides is 1. The van der Waals surface area contributed by atoms with Crippen LogP contribution in [0, 0.1) is 0 Å². The molecule has 0 aromatic heterocycles. The highest BCUT2D eigenvalue weighted by atomic mass is 32.2. The minimum Gasteiger partial charge on any atom is -0.294 e. The van der Waals surface area contributed by atoms with Crippen LogP contribution in [-0.4, -0.2) is 20.0 Å². The maximum Gasteiger partial charge on any atom is 0.232 e. The van der Waals surface area contributed by atoms with E-state index in [-0.39, 0.29) is 11.5 Å². The van der Waals surface area contributed by atoms with Crippen molar-refractivity contribution in [2.45, 2.75) is 13.8 Å². The van der Waals surface area contributed by atoms with Crippen molar-refractivity contribution in [2.24, 2.45) is 0 Å². The molecule has 4 nitrogen and oxygen atoms in total. The summed E-state index contributed by atoms with van der Waals surface area (Å²) in [5.41, 5.74) is 0.723. The first-order valence-electron chi connectivity index (χ1n) is 4.56. The zero-order valence-electron chi connectivity index (χ0n) is 8.65. The van der Waals surface area contributed by atoms with Crippen LogP contribution in [-0.2, 0) is 10.0 Å². The van der Waals surface area contributed by atoms with Crippen molar-refractivity contribution >= 4 is 21.5 Å². The van der Waals surface area contributed by atoms with Gasteiger partial charge in [-0.25, -0.2) is 8.42 Å². The van der Waals surface area contributed by atoms with Gasteiger partial charge in [0.15, 0.2) is 5.78 Å². The predicted octanol–water partition coefficient (Wildman–Crippen LogP) is 1.65. The monoisotopic (exact) mass is 227 g/mol. The summed E-state index contributed by atoms with van der Waals surface area (Å²) in [4.78, 5) is 11.2. The zero-order chi connectivity index (χ0) is 11.5. The second kappa shape index (κ2) is 4.44. The van der Waals surface area contributed by atoms with E-state index in [1.165, 1.54) is 6.92 Å². The van der Waals surface area contributed by atoms with Crippen molar-refractivity contribution in [3.05, 3.63) is 29.8 Å². The third-order valence-electron chi connectivity index (χ3n) is 1.95. The van der Waals surface area contributed by atoms with Crippen molar-refractivity contribution in [3.8, 4) is 0 Å². The van der Waals surface area contributed by atoms with Crippen molar-refractivity contribution in [3.63, 3.8) is 0 Å². The number of hydrogen-bond acceptors (Lipinski definition) is 3. The lowest BCUT2D eigenvalue weighted by Crippen LogP contribution is -2.16. The molecule has 0 radical (unpaired) electrons. The number of ketones is 1. The summed E-state index contributed by atoms with van der Waals surface area (Å²) in [6.45, 7) is 2.94. The molecule has 0 atom stereocenters. The molecule has 5 heteroatoms. The van der Waals surface area contributed by atoms with Crippen LogP contribution in [0.3, 0.4) is 0 Å². The Kier molecular flexibility index (Phi) is 3.47. The van der Waals surface area contributed by atoms with Crippen LogP contribution in [0.1, 0.15) is 24.2 Å². The number of carbonyl (C=O) groups excluding carboxylic acids is 1. The molecule has 0 amide bonds. The maximum atomic E-state index is 11.3. The molecule has 15 heavy (non-hydrogen) atoms. The van der Waals surface area contributed by atoms with Crippen molar-refractivity contribution in [2.75, 3.05) is 10.5 Å². The van der Waals surface area contributed by atoms with Crippen LogP contribution < -0.4 is 4.72 Å². The van der Waals surface area contributed by atoms with E-state index in [2.05, 4.69) is 4.72 Å². The minimum absolute atomic E-state index is 0.0146. The summed E-state index contributed by atoms with van der Waals surface area (Å²) in [6, 6.07) is 6.54. The van der Waals surface area contributed by atoms with Gasteiger partial charge in [0.25, 0.3) is 0 Å². The second-order valence-electron chi connectivity index (χ2n) is 3.11. The summed E-state index contributed by atoms with van der Waals surface area (Å²) < 4.78 is 25.0. The van der Waals surface area contributed by atoms with Gasteiger partial charge >= 0.3 is 0 Å². The number of benzene rings is 1. The minimum atomic E-state index is -3.33. The zero-order valence-corrected chi connectivity index (χ0v) is 9.47. The van der Waals surface area contributed by atoms with E-state index in [0.717, 1.165) is 0 Å². The highest BCUT2D eigenvalue weighted by Crippen LogP contribution is 2.16. The van der Waals surface area contributed by atoms with Crippen LogP contribution in [0.15, 0.2) is 24.3 Å². The number of rotatable bonds is 4. The Balaban J connectivity index is 3.10. The predicted molar refractivity (Wildman–Crippen MR) is 59.5 cm³/mol. The Morgan fingerprint density at radius 2 is 1.93 bits per heavy atom. The molecule has 1 aromatic rings. The van der Waals surface area contributed by atoms with Crippen molar-refractivity contribution in [1.29, 1.82) is 0 Å². The van der Waals surface area contributed by atoms with E-state index in [4.69, 9.17) is 0 Å². The lowest BCUT2D eigenvalue weighted by atomic mass is 10.1. The van der Waals surface area contributed by atoms with E-state index in [1.807, 2.05) is 0 Å². The average Bonchev–Trinajstić information content (AvgIpc) is 2.18. The molecule has 0 aliphatic heterocycles.